The summed E-state index contributed by atoms with van der Waals surface area (Å²) >= 11 is 0. The molecule has 2 aromatic heterocycles. The van der Waals surface area contributed by atoms with Crippen molar-refractivity contribution in [1.82, 2.24) is 19.9 Å². The van der Waals surface area contributed by atoms with Crippen molar-refractivity contribution in [2.75, 3.05) is 13.1 Å². The molecule has 1 N–H and O–H groups in total. The summed E-state index contributed by atoms with van der Waals surface area (Å²) in [7, 11) is 0. The molecule has 0 saturated carbocycles. The van der Waals surface area contributed by atoms with Crippen molar-refractivity contribution in [2.45, 2.75) is 38.7 Å². The molecule has 6 nitrogen and oxygen atoms in total. The van der Waals surface area contributed by atoms with Crippen LogP contribution in [0.2, 0.25) is 0 Å². The van der Waals surface area contributed by atoms with Gasteiger partial charge >= 0.3 is 0 Å². The molecule has 2 aromatic rings. The number of ether oxygens (including phenoxy) is 1. The first-order valence-electron chi connectivity index (χ1n) is 8.03. The molecule has 23 heavy (non-hydrogen) atoms. The average molecular weight is 314 g/mol. The highest BCUT2D eigenvalue weighted by atomic mass is 16.5. The van der Waals surface area contributed by atoms with Crippen LogP contribution in [0.4, 0.5) is 0 Å². The van der Waals surface area contributed by atoms with Gasteiger partial charge in [0.15, 0.2) is 0 Å². The Hall–Kier alpha value is -2.37. The van der Waals surface area contributed by atoms with Crippen LogP contribution in [0, 0.1) is 0 Å². The first-order valence-corrected chi connectivity index (χ1v) is 8.03. The quantitative estimate of drug-likeness (QED) is 0.941. The van der Waals surface area contributed by atoms with Gasteiger partial charge in [0.25, 0.3) is 5.91 Å². The fraction of sp³-hybridized carbons (Fsp3) is 0.471. The summed E-state index contributed by atoms with van der Waals surface area (Å²) in [6.07, 6.45) is 8.78. The number of likely N-dealkylation sites (tertiary alicyclic amines) is 1. The first-order chi connectivity index (χ1) is 11.1. The van der Waals surface area contributed by atoms with E-state index in [0.29, 0.717) is 17.2 Å². The normalized spacial score (nSPS) is 15.9. The monoisotopic (exact) mass is 314 g/mol. The number of carbonyl (C=O) groups excluding carboxylic acids is 1. The molecule has 0 spiro atoms. The summed E-state index contributed by atoms with van der Waals surface area (Å²) in [6.45, 7) is 5.38. The van der Waals surface area contributed by atoms with E-state index in [9.17, 15) is 4.79 Å². The van der Waals surface area contributed by atoms with Crippen molar-refractivity contribution < 1.29 is 9.53 Å². The second-order valence-electron chi connectivity index (χ2n) is 6.12. The van der Waals surface area contributed by atoms with Crippen LogP contribution < -0.4 is 4.74 Å². The molecule has 122 valence electrons. The predicted molar refractivity (Wildman–Crippen MR) is 86.5 cm³/mol. The number of pyridine rings is 1. The smallest absolute Gasteiger partial charge is 0.255 e. The second-order valence-corrected chi connectivity index (χ2v) is 6.12. The van der Waals surface area contributed by atoms with Gasteiger partial charge in [0.05, 0.1) is 17.9 Å². The molecule has 0 aromatic carbocycles. The lowest BCUT2D eigenvalue weighted by Gasteiger charge is -2.31. The van der Waals surface area contributed by atoms with Crippen LogP contribution in [0.1, 0.15) is 48.8 Å². The third kappa shape index (κ3) is 3.70. The van der Waals surface area contributed by atoms with Crippen LogP contribution in [0.5, 0.6) is 5.75 Å². The average Bonchev–Trinajstić information content (AvgIpc) is 3.08. The predicted octanol–water partition coefficient (Wildman–Crippen LogP) is 2.61. The number of piperidine rings is 1. The molecule has 6 heteroatoms. The number of rotatable bonds is 4. The lowest BCUT2D eigenvalue weighted by molar-refractivity contribution is 0.0710. The van der Waals surface area contributed by atoms with Gasteiger partial charge in [-0.2, -0.15) is 0 Å². The molecular formula is C17H22N4O2. The maximum atomic E-state index is 12.6. The van der Waals surface area contributed by atoms with Gasteiger partial charge in [-0.05, 0) is 32.8 Å². The van der Waals surface area contributed by atoms with Crippen molar-refractivity contribution >= 4 is 5.91 Å². The van der Waals surface area contributed by atoms with Crippen LogP contribution in [0.3, 0.4) is 0 Å². The molecule has 0 radical (unpaired) electrons. The standard InChI is InChI=1S/C17H22N4O2/c1-12(2)23-15-9-14(10-18-11-15)17(22)21-7-3-13(4-8-21)16-19-5-6-20-16/h5-6,9-13H,3-4,7-8H2,1-2H3,(H,19,20). The minimum absolute atomic E-state index is 0.0181. The number of amides is 1. The zero-order valence-corrected chi connectivity index (χ0v) is 13.5. The Bertz CT molecular complexity index is 646. The molecule has 0 atom stereocenters. The number of imidazole rings is 1. The summed E-state index contributed by atoms with van der Waals surface area (Å²) in [5.74, 6) is 2.08. The molecule has 3 heterocycles. The van der Waals surface area contributed by atoms with Gasteiger partial charge in [0.1, 0.15) is 11.6 Å². The second kappa shape index (κ2) is 6.81. The SMILES string of the molecule is CC(C)Oc1cncc(C(=O)N2CCC(c3ncc[nH]3)CC2)c1. The third-order valence-electron chi connectivity index (χ3n) is 4.02. The summed E-state index contributed by atoms with van der Waals surface area (Å²) < 4.78 is 5.61. The van der Waals surface area contributed by atoms with E-state index in [1.54, 1.807) is 24.7 Å². The number of hydrogen-bond donors (Lipinski definition) is 1. The fourth-order valence-corrected chi connectivity index (χ4v) is 2.91. The Balaban J connectivity index is 1.63. The topological polar surface area (TPSA) is 71.1 Å². The largest absolute Gasteiger partial charge is 0.489 e. The van der Waals surface area contributed by atoms with Crippen molar-refractivity contribution in [3.05, 3.63) is 42.2 Å². The van der Waals surface area contributed by atoms with Crippen LogP contribution in [0.15, 0.2) is 30.9 Å². The van der Waals surface area contributed by atoms with Crippen LogP contribution >= 0.6 is 0 Å². The highest BCUT2D eigenvalue weighted by molar-refractivity contribution is 5.94. The summed E-state index contributed by atoms with van der Waals surface area (Å²) in [4.78, 5) is 26.1. The molecule has 1 saturated heterocycles. The van der Waals surface area contributed by atoms with Gasteiger partial charge in [-0.3, -0.25) is 9.78 Å². The van der Waals surface area contributed by atoms with E-state index in [0.717, 1.165) is 31.8 Å². The Kier molecular flexibility index (Phi) is 4.60. The molecule has 1 aliphatic heterocycles. The Labute approximate surface area is 135 Å². The van der Waals surface area contributed by atoms with Crippen molar-refractivity contribution in [1.29, 1.82) is 0 Å². The van der Waals surface area contributed by atoms with Crippen molar-refractivity contribution in [2.24, 2.45) is 0 Å². The van der Waals surface area contributed by atoms with E-state index in [1.807, 2.05) is 24.9 Å². The van der Waals surface area contributed by atoms with Crippen LogP contribution in [0.25, 0.3) is 0 Å². The molecule has 0 bridgehead atoms. The van der Waals surface area contributed by atoms with Gasteiger partial charge in [0, 0.05) is 37.6 Å². The molecule has 3 rings (SSSR count). The van der Waals surface area contributed by atoms with E-state index in [4.69, 9.17) is 4.74 Å². The Morgan fingerprint density at radius 2 is 2.13 bits per heavy atom. The number of nitrogens with one attached hydrogen (secondary N) is 1. The maximum Gasteiger partial charge on any atom is 0.255 e. The summed E-state index contributed by atoms with van der Waals surface area (Å²) in [6, 6.07) is 1.77. The minimum Gasteiger partial charge on any atom is -0.489 e. The molecule has 0 aliphatic carbocycles. The van der Waals surface area contributed by atoms with Gasteiger partial charge in [-0.15, -0.1) is 0 Å². The van der Waals surface area contributed by atoms with Crippen LogP contribution in [-0.4, -0.2) is 45.0 Å². The van der Waals surface area contributed by atoms with Crippen molar-refractivity contribution in [3.63, 3.8) is 0 Å². The zero-order chi connectivity index (χ0) is 16.2. The highest BCUT2D eigenvalue weighted by Crippen LogP contribution is 2.26. The highest BCUT2D eigenvalue weighted by Gasteiger charge is 2.26. The fourth-order valence-electron chi connectivity index (χ4n) is 2.91. The lowest BCUT2D eigenvalue weighted by Crippen LogP contribution is -2.38. The van der Waals surface area contributed by atoms with Crippen molar-refractivity contribution in [3.8, 4) is 5.75 Å². The van der Waals surface area contributed by atoms with Gasteiger partial charge in [-0.1, -0.05) is 0 Å². The number of H-pyrrole nitrogens is 1. The summed E-state index contributed by atoms with van der Waals surface area (Å²) in [5, 5.41) is 0. The van der Waals surface area contributed by atoms with E-state index < -0.39 is 0 Å². The molecule has 1 aliphatic rings. The number of aromatic amines is 1. The Morgan fingerprint density at radius 1 is 1.35 bits per heavy atom. The zero-order valence-electron chi connectivity index (χ0n) is 13.5. The molecule has 1 amide bonds. The van der Waals surface area contributed by atoms with Gasteiger partial charge in [0.2, 0.25) is 0 Å². The minimum atomic E-state index is 0.0181. The summed E-state index contributed by atoms with van der Waals surface area (Å²) in [5.41, 5.74) is 0.583. The number of aromatic nitrogens is 3. The number of hydrogen-bond acceptors (Lipinski definition) is 4. The van der Waals surface area contributed by atoms with E-state index >= 15 is 0 Å². The first kappa shape index (κ1) is 15.5. The van der Waals surface area contributed by atoms with E-state index in [1.165, 1.54) is 0 Å². The molecule has 1 fully saturated rings. The van der Waals surface area contributed by atoms with E-state index in [-0.39, 0.29) is 12.0 Å². The third-order valence-corrected chi connectivity index (χ3v) is 4.02. The Morgan fingerprint density at radius 3 is 2.78 bits per heavy atom. The number of nitrogens with zero attached hydrogens (tertiary/aromatic N) is 3. The molecule has 0 unspecified atom stereocenters. The molecular weight excluding hydrogens is 292 g/mol. The van der Waals surface area contributed by atoms with Gasteiger partial charge < -0.3 is 14.6 Å². The lowest BCUT2D eigenvalue weighted by atomic mass is 9.96. The maximum absolute atomic E-state index is 12.6. The van der Waals surface area contributed by atoms with E-state index in [2.05, 4.69) is 15.0 Å². The van der Waals surface area contributed by atoms with Gasteiger partial charge in [-0.25, -0.2) is 4.98 Å². The van der Waals surface area contributed by atoms with Crippen LogP contribution in [-0.2, 0) is 0 Å². The number of carbonyl (C=O) groups is 1.